The first kappa shape index (κ1) is 22.3. The maximum absolute atomic E-state index is 6.31. The van der Waals surface area contributed by atoms with Crippen molar-refractivity contribution in [1.29, 1.82) is 0 Å². The van der Waals surface area contributed by atoms with Gasteiger partial charge in [0.25, 0.3) is 0 Å². The summed E-state index contributed by atoms with van der Waals surface area (Å²) in [5, 5.41) is 8.05. The molecule has 0 bridgehead atoms. The zero-order valence-corrected chi connectivity index (χ0v) is 19.9. The number of nitrogens with zero attached hydrogens (tertiary/aromatic N) is 3. The normalized spacial score (nSPS) is 18.5. The van der Waals surface area contributed by atoms with E-state index in [1.165, 1.54) is 44.1 Å². The lowest BCUT2D eigenvalue weighted by Gasteiger charge is -2.38. The lowest BCUT2D eigenvalue weighted by atomic mass is 9.69. The molecule has 2 N–H and O–H groups in total. The Bertz CT molecular complexity index is 907. The van der Waals surface area contributed by atoms with Crippen LogP contribution < -0.4 is 15.5 Å². The van der Waals surface area contributed by atoms with Gasteiger partial charge in [-0.1, -0.05) is 43.0 Å². The maximum atomic E-state index is 6.31. The summed E-state index contributed by atoms with van der Waals surface area (Å²) in [6, 6.07) is 10.4. The van der Waals surface area contributed by atoms with Gasteiger partial charge in [0.2, 0.25) is 5.95 Å². The van der Waals surface area contributed by atoms with Crippen molar-refractivity contribution in [2.75, 3.05) is 29.9 Å². The van der Waals surface area contributed by atoms with Crippen molar-refractivity contribution in [3.8, 4) is 0 Å². The molecule has 1 saturated carbocycles. The molecule has 7 heteroatoms. The van der Waals surface area contributed by atoms with Crippen LogP contribution in [-0.4, -0.2) is 34.7 Å². The Balaban J connectivity index is 1.43. The van der Waals surface area contributed by atoms with Crippen LogP contribution in [0.4, 0.5) is 11.8 Å². The van der Waals surface area contributed by atoms with Crippen LogP contribution in [0.1, 0.15) is 62.6 Å². The third kappa shape index (κ3) is 5.66. The predicted molar refractivity (Wildman–Crippen MR) is 133 cm³/mol. The number of anilines is 2. The Morgan fingerprint density at radius 3 is 2.55 bits per heavy atom. The minimum absolute atomic E-state index is 0.0569. The van der Waals surface area contributed by atoms with Crippen LogP contribution in [0.3, 0.4) is 0 Å². The number of piperidine rings is 1. The van der Waals surface area contributed by atoms with Crippen LogP contribution in [0.2, 0.25) is 5.02 Å². The molecular weight excluding hydrogens is 426 g/mol. The number of nitrogens with one attached hydrogen (secondary N) is 2. The molecule has 2 aromatic rings. The lowest BCUT2D eigenvalue weighted by Crippen LogP contribution is -2.43. The summed E-state index contributed by atoms with van der Waals surface area (Å²) >= 11 is 11.9. The lowest BCUT2D eigenvalue weighted by molar-refractivity contribution is 0.292. The van der Waals surface area contributed by atoms with Crippen LogP contribution in [-0.2, 0) is 5.41 Å². The third-order valence-electron chi connectivity index (χ3n) is 6.58. The number of aryl methyl sites for hydroxylation is 1. The highest BCUT2D eigenvalue weighted by molar-refractivity contribution is 7.80. The Labute approximate surface area is 196 Å². The number of benzene rings is 1. The molecule has 0 atom stereocenters. The number of aromatic nitrogens is 2. The van der Waals surface area contributed by atoms with Gasteiger partial charge < -0.3 is 15.5 Å². The Morgan fingerprint density at radius 1 is 1.06 bits per heavy atom. The summed E-state index contributed by atoms with van der Waals surface area (Å²) in [4.78, 5) is 11.6. The van der Waals surface area contributed by atoms with E-state index in [9.17, 15) is 0 Å². The number of hydrogen-bond acceptors (Lipinski definition) is 4. The molecule has 31 heavy (non-hydrogen) atoms. The summed E-state index contributed by atoms with van der Waals surface area (Å²) in [5.74, 6) is 1.55. The van der Waals surface area contributed by atoms with Crippen molar-refractivity contribution in [3.05, 3.63) is 46.6 Å². The van der Waals surface area contributed by atoms with Crippen LogP contribution in [0.5, 0.6) is 0 Å². The molecule has 0 unspecified atom stereocenters. The van der Waals surface area contributed by atoms with E-state index in [4.69, 9.17) is 28.8 Å². The highest BCUT2D eigenvalue weighted by Crippen LogP contribution is 2.39. The first-order valence-corrected chi connectivity index (χ1v) is 12.2. The smallest absolute Gasteiger partial charge is 0.231 e. The van der Waals surface area contributed by atoms with Gasteiger partial charge in [0.1, 0.15) is 5.82 Å². The summed E-state index contributed by atoms with van der Waals surface area (Å²) < 4.78 is 0. The fourth-order valence-electron chi connectivity index (χ4n) is 4.90. The number of rotatable bonds is 5. The molecule has 1 saturated heterocycles. The van der Waals surface area contributed by atoms with Crippen LogP contribution in [0.25, 0.3) is 0 Å². The average molecular weight is 458 g/mol. The first-order chi connectivity index (χ1) is 15.0. The van der Waals surface area contributed by atoms with Gasteiger partial charge in [-0.05, 0) is 68.9 Å². The maximum Gasteiger partial charge on any atom is 0.231 e. The van der Waals surface area contributed by atoms with E-state index in [2.05, 4.69) is 38.7 Å². The fraction of sp³-hybridized carbons (Fsp3) is 0.542. The Kier molecular flexibility index (Phi) is 7.28. The summed E-state index contributed by atoms with van der Waals surface area (Å²) in [6.45, 7) is 4.90. The van der Waals surface area contributed by atoms with Crippen molar-refractivity contribution in [2.24, 2.45) is 0 Å². The molecule has 1 aromatic heterocycles. The molecule has 0 amide bonds. The summed E-state index contributed by atoms with van der Waals surface area (Å²) in [6.07, 6.45) is 9.78. The number of thiocarbonyl (C=S) groups is 1. The summed E-state index contributed by atoms with van der Waals surface area (Å²) in [5.41, 5.74) is 2.30. The zero-order chi connectivity index (χ0) is 21.7. The minimum atomic E-state index is 0.0569. The zero-order valence-electron chi connectivity index (χ0n) is 18.3. The Morgan fingerprint density at radius 2 is 1.81 bits per heavy atom. The first-order valence-electron chi connectivity index (χ1n) is 11.5. The van der Waals surface area contributed by atoms with Crippen molar-refractivity contribution in [3.63, 3.8) is 0 Å². The molecule has 2 fully saturated rings. The molecule has 166 valence electrons. The van der Waals surface area contributed by atoms with Crippen LogP contribution in [0, 0.1) is 6.92 Å². The van der Waals surface area contributed by atoms with Gasteiger partial charge in [-0.2, -0.15) is 4.98 Å². The molecular formula is C24H32ClN5S. The predicted octanol–water partition coefficient (Wildman–Crippen LogP) is 5.62. The average Bonchev–Trinajstić information content (AvgIpc) is 2.78. The van der Waals surface area contributed by atoms with Gasteiger partial charge in [-0.25, -0.2) is 4.98 Å². The van der Waals surface area contributed by atoms with Gasteiger partial charge in [0.15, 0.2) is 5.11 Å². The van der Waals surface area contributed by atoms with Crippen LogP contribution in [0.15, 0.2) is 30.3 Å². The van der Waals surface area contributed by atoms with Crippen molar-refractivity contribution < 1.29 is 0 Å². The topological polar surface area (TPSA) is 53.1 Å². The second-order valence-corrected chi connectivity index (χ2v) is 9.74. The molecule has 2 aliphatic rings. The second-order valence-electron chi connectivity index (χ2n) is 8.90. The van der Waals surface area contributed by atoms with E-state index in [1.807, 2.05) is 19.1 Å². The van der Waals surface area contributed by atoms with E-state index in [0.717, 1.165) is 49.0 Å². The molecule has 4 rings (SSSR count). The van der Waals surface area contributed by atoms with E-state index < -0.39 is 0 Å². The minimum Gasteiger partial charge on any atom is -0.361 e. The number of halogens is 1. The highest BCUT2D eigenvalue weighted by atomic mass is 35.5. The quantitative estimate of drug-likeness (QED) is 0.568. The van der Waals surface area contributed by atoms with Gasteiger partial charge >= 0.3 is 0 Å². The van der Waals surface area contributed by atoms with E-state index in [1.54, 1.807) is 0 Å². The van der Waals surface area contributed by atoms with Gasteiger partial charge in [-0.15, -0.1) is 0 Å². The van der Waals surface area contributed by atoms with Crippen molar-refractivity contribution >= 4 is 40.7 Å². The standard InChI is InChI=1S/C24H32ClN5S/c1-18-15-21(30-13-6-3-7-14-30)28-22(27-18)29-23(31)26-17-24(11-4-2-5-12-24)19-9-8-10-20(25)16-19/h8-10,15-16H,2-7,11-14,17H2,1H3,(H2,26,27,28,29,31). The molecule has 1 aliphatic heterocycles. The molecule has 5 nitrogen and oxygen atoms in total. The van der Waals surface area contributed by atoms with Crippen LogP contribution >= 0.6 is 23.8 Å². The molecule has 0 spiro atoms. The molecule has 2 heterocycles. The summed E-state index contributed by atoms with van der Waals surface area (Å²) in [7, 11) is 0. The van der Waals surface area contributed by atoms with Crippen molar-refractivity contribution in [2.45, 2.75) is 63.7 Å². The number of hydrogen-bond donors (Lipinski definition) is 2. The van der Waals surface area contributed by atoms with Crippen molar-refractivity contribution in [1.82, 2.24) is 15.3 Å². The SMILES string of the molecule is Cc1cc(N2CCCCC2)nc(NC(=S)NCC2(c3cccc(Cl)c3)CCCCC2)n1. The van der Waals surface area contributed by atoms with E-state index in [-0.39, 0.29) is 5.41 Å². The van der Waals surface area contributed by atoms with Gasteiger partial charge in [0.05, 0.1) is 0 Å². The largest absolute Gasteiger partial charge is 0.361 e. The highest BCUT2D eigenvalue weighted by Gasteiger charge is 2.34. The fourth-order valence-corrected chi connectivity index (χ4v) is 5.26. The van der Waals surface area contributed by atoms with E-state index >= 15 is 0 Å². The monoisotopic (exact) mass is 457 g/mol. The Hall–Kier alpha value is -1.92. The van der Waals surface area contributed by atoms with E-state index in [0.29, 0.717) is 11.1 Å². The molecule has 0 radical (unpaired) electrons. The van der Waals surface area contributed by atoms with Gasteiger partial charge in [0, 0.05) is 41.8 Å². The van der Waals surface area contributed by atoms with Gasteiger partial charge in [-0.3, -0.25) is 0 Å². The third-order valence-corrected chi connectivity index (χ3v) is 7.06. The molecule has 1 aliphatic carbocycles. The second kappa shape index (κ2) is 10.1. The molecule has 1 aromatic carbocycles.